The number of fused-ring (bicyclic) bond motifs is 1. The van der Waals surface area contributed by atoms with Crippen molar-refractivity contribution >= 4 is 29.0 Å². The Bertz CT molecular complexity index is 1160. The van der Waals surface area contributed by atoms with E-state index in [2.05, 4.69) is 15.3 Å². The van der Waals surface area contributed by atoms with Crippen molar-refractivity contribution in [3.8, 4) is 11.3 Å². The molecule has 0 spiro atoms. The van der Waals surface area contributed by atoms with E-state index in [-0.39, 0.29) is 5.91 Å². The second-order valence-electron chi connectivity index (χ2n) is 7.78. The first-order valence-electron chi connectivity index (χ1n) is 10.1. The van der Waals surface area contributed by atoms with Crippen LogP contribution in [0.5, 0.6) is 0 Å². The highest BCUT2D eigenvalue weighted by Crippen LogP contribution is 2.42. The van der Waals surface area contributed by atoms with Gasteiger partial charge in [0, 0.05) is 34.9 Å². The summed E-state index contributed by atoms with van der Waals surface area (Å²) in [5.74, 6) is 0.711. The SMILES string of the molecule is O=C(Nc1ccc(-c2cn3cccnc3n2)cc1)C1(c2ccc(Cl)cc2)CCCC1. The van der Waals surface area contributed by atoms with Crippen molar-refractivity contribution in [2.75, 3.05) is 5.32 Å². The molecule has 2 aromatic heterocycles. The fourth-order valence-electron chi connectivity index (χ4n) is 4.34. The van der Waals surface area contributed by atoms with Crippen molar-refractivity contribution in [3.63, 3.8) is 0 Å². The first-order chi connectivity index (χ1) is 14.6. The minimum atomic E-state index is -0.490. The predicted octanol–water partition coefficient (Wildman–Crippen LogP) is 5.50. The van der Waals surface area contributed by atoms with Gasteiger partial charge < -0.3 is 5.32 Å². The number of hydrogen-bond acceptors (Lipinski definition) is 3. The van der Waals surface area contributed by atoms with Crippen LogP contribution in [0, 0.1) is 0 Å². The van der Waals surface area contributed by atoms with E-state index in [4.69, 9.17) is 11.6 Å². The number of halogens is 1. The Morgan fingerprint density at radius 2 is 1.77 bits per heavy atom. The number of rotatable bonds is 4. The molecule has 1 aliphatic rings. The quantitative estimate of drug-likeness (QED) is 0.477. The van der Waals surface area contributed by atoms with Gasteiger partial charge in [0.15, 0.2) is 0 Å². The second-order valence-corrected chi connectivity index (χ2v) is 8.22. The molecule has 2 aromatic carbocycles. The number of carbonyl (C=O) groups is 1. The van der Waals surface area contributed by atoms with E-state index >= 15 is 0 Å². The molecule has 6 heteroatoms. The first kappa shape index (κ1) is 18.8. The lowest BCUT2D eigenvalue weighted by Gasteiger charge is -2.28. The molecule has 5 rings (SSSR count). The van der Waals surface area contributed by atoms with Crippen LogP contribution in [0.3, 0.4) is 0 Å². The molecule has 0 unspecified atom stereocenters. The minimum absolute atomic E-state index is 0.0482. The van der Waals surface area contributed by atoms with Crippen molar-refractivity contribution in [1.29, 1.82) is 0 Å². The Hall–Kier alpha value is -3.18. The summed E-state index contributed by atoms with van der Waals surface area (Å²) < 4.78 is 1.89. The summed E-state index contributed by atoms with van der Waals surface area (Å²) in [5, 5.41) is 3.82. The molecule has 1 saturated carbocycles. The topological polar surface area (TPSA) is 59.3 Å². The number of carbonyl (C=O) groups excluding carboxylic acids is 1. The summed E-state index contributed by atoms with van der Waals surface area (Å²) >= 11 is 6.05. The zero-order valence-electron chi connectivity index (χ0n) is 16.4. The molecule has 5 nitrogen and oxygen atoms in total. The Morgan fingerprint density at radius 1 is 1.03 bits per heavy atom. The van der Waals surface area contributed by atoms with Crippen LogP contribution in [0.4, 0.5) is 5.69 Å². The van der Waals surface area contributed by atoms with Gasteiger partial charge in [-0.2, -0.15) is 0 Å². The summed E-state index contributed by atoms with van der Waals surface area (Å²) in [4.78, 5) is 22.1. The Labute approximate surface area is 179 Å². The largest absolute Gasteiger partial charge is 0.325 e. The van der Waals surface area contributed by atoms with Gasteiger partial charge in [0.05, 0.1) is 11.1 Å². The molecule has 0 bridgehead atoms. The van der Waals surface area contributed by atoms with Crippen molar-refractivity contribution in [2.24, 2.45) is 0 Å². The number of benzene rings is 2. The maximum Gasteiger partial charge on any atom is 0.235 e. The van der Waals surface area contributed by atoms with Crippen LogP contribution in [0.25, 0.3) is 17.0 Å². The zero-order valence-corrected chi connectivity index (χ0v) is 17.1. The van der Waals surface area contributed by atoms with Gasteiger partial charge in [-0.05, 0) is 48.7 Å². The van der Waals surface area contributed by atoms with Crippen LogP contribution in [0.15, 0.2) is 73.2 Å². The van der Waals surface area contributed by atoms with Gasteiger partial charge in [-0.25, -0.2) is 9.97 Å². The average molecular weight is 417 g/mol. The normalized spacial score (nSPS) is 15.4. The number of imidazole rings is 1. The number of hydrogen-bond donors (Lipinski definition) is 1. The highest BCUT2D eigenvalue weighted by Gasteiger charge is 2.42. The van der Waals surface area contributed by atoms with Crippen molar-refractivity contribution < 1.29 is 4.79 Å². The molecule has 1 amide bonds. The first-order valence-corrected chi connectivity index (χ1v) is 10.5. The van der Waals surface area contributed by atoms with Crippen LogP contribution in [-0.2, 0) is 10.2 Å². The van der Waals surface area contributed by atoms with Gasteiger partial charge in [0.25, 0.3) is 0 Å². The van der Waals surface area contributed by atoms with Crippen LogP contribution < -0.4 is 5.32 Å². The number of nitrogens with one attached hydrogen (secondary N) is 1. The van der Waals surface area contributed by atoms with E-state index in [1.165, 1.54) is 0 Å². The molecule has 0 aliphatic heterocycles. The Kier molecular flexibility index (Phi) is 4.75. The summed E-state index contributed by atoms with van der Waals surface area (Å²) in [6, 6.07) is 17.4. The van der Waals surface area contributed by atoms with E-state index in [9.17, 15) is 4.79 Å². The molecule has 0 saturated heterocycles. The molecule has 1 N–H and O–H groups in total. The van der Waals surface area contributed by atoms with Gasteiger partial charge in [0.2, 0.25) is 11.7 Å². The van der Waals surface area contributed by atoms with Gasteiger partial charge in [-0.1, -0.05) is 48.7 Å². The fourth-order valence-corrected chi connectivity index (χ4v) is 4.46. The molecule has 0 radical (unpaired) electrons. The van der Waals surface area contributed by atoms with Crippen molar-refractivity contribution in [1.82, 2.24) is 14.4 Å². The zero-order chi connectivity index (χ0) is 20.6. The average Bonchev–Trinajstić information content (AvgIpc) is 3.43. The van der Waals surface area contributed by atoms with E-state index in [1.54, 1.807) is 6.20 Å². The summed E-state index contributed by atoms with van der Waals surface area (Å²) in [7, 11) is 0. The van der Waals surface area contributed by atoms with Crippen LogP contribution in [0.2, 0.25) is 5.02 Å². The highest BCUT2D eigenvalue weighted by molar-refractivity contribution is 6.30. The number of amides is 1. The van der Waals surface area contributed by atoms with E-state index in [1.807, 2.05) is 71.4 Å². The van der Waals surface area contributed by atoms with Gasteiger partial charge in [-0.3, -0.25) is 9.20 Å². The maximum atomic E-state index is 13.3. The van der Waals surface area contributed by atoms with Crippen molar-refractivity contribution in [2.45, 2.75) is 31.1 Å². The molecule has 1 aliphatic carbocycles. The van der Waals surface area contributed by atoms with Crippen LogP contribution >= 0.6 is 11.6 Å². The van der Waals surface area contributed by atoms with Crippen molar-refractivity contribution in [3.05, 3.63) is 83.8 Å². The maximum absolute atomic E-state index is 13.3. The van der Waals surface area contributed by atoms with E-state index in [0.29, 0.717) is 10.8 Å². The fraction of sp³-hybridized carbons (Fsp3) is 0.208. The molecule has 30 heavy (non-hydrogen) atoms. The third-order valence-electron chi connectivity index (χ3n) is 5.96. The molecule has 4 aromatic rings. The monoisotopic (exact) mass is 416 g/mol. The lowest BCUT2D eigenvalue weighted by atomic mass is 9.78. The van der Waals surface area contributed by atoms with Gasteiger partial charge in [0.1, 0.15) is 0 Å². The Balaban J connectivity index is 1.38. The van der Waals surface area contributed by atoms with Crippen LogP contribution in [-0.4, -0.2) is 20.3 Å². The summed E-state index contributed by atoms with van der Waals surface area (Å²) in [5.41, 5.74) is 3.16. The molecular formula is C24H21ClN4O. The van der Waals surface area contributed by atoms with E-state index < -0.39 is 5.41 Å². The van der Waals surface area contributed by atoms with Gasteiger partial charge in [-0.15, -0.1) is 0 Å². The highest BCUT2D eigenvalue weighted by atomic mass is 35.5. The third-order valence-corrected chi connectivity index (χ3v) is 6.21. The van der Waals surface area contributed by atoms with Gasteiger partial charge >= 0.3 is 0 Å². The smallest absolute Gasteiger partial charge is 0.235 e. The number of aromatic nitrogens is 3. The van der Waals surface area contributed by atoms with E-state index in [0.717, 1.165) is 48.2 Å². The number of anilines is 1. The molecule has 150 valence electrons. The minimum Gasteiger partial charge on any atom is -0.325 e. The van der Waals surface area contributed by atoms with Crippen LogP contribution in [0.1, 0.15) is 31.2 Å². The summed E-state index contributed by atoms with van der Waals surface area (Å²) in [6.07, 6.45) is 9.41. The Morgan fingerprint density at radius 3 is 2.47 bits per heavy atom. The number of nitrogens with zero attached hydrogens (tertiary/aromatic N) is 3. The summed E-state index contributed by atoms with van der Waals surface area (Å²) in [6.45, 7) is 0. The third kappa shape index (κ3) is 3.35. The standard InChI is InChI=1S/C24H21ClN4O/c25-19-8-6-18(7-9-19)24(12-1-2-13-24)22(30)27-20-10-4-17(5-11-20)21-16-29-15-3-14-26-23(29)28-21/h3-11,14-16H,1-2,12-13H2,(H,27,30). The molecular weight excluding hydrogens is 396 g/mol. The molecule has 0 atom stereocenters. The molecule has 2 heterocycles. The predicted molar refractivity (Wildman–Crippen MR) is 119 cm³/mol. The molecule has 1 fully saturated rings. The lowest BCUT2D eigenvalue weighted by molar-refractivity contribution is -0.121. The lowest BCUT2D eigenvalue weighted by Crippen LogP contribution is -2.37. The second kappa shape index (κ2) is 7.58.